The minimum atomic E-state index is -1.04. The van der Waals surface area contributed by atoms with Crippen molar-refractivity contribution in [2.24, 2.45) is 22.4 Å². The van der Waals surface area contributed by atoms with Crippen LogP contribution in [0.2, 0.25) is 5.02 Å². The molecule has 2 saturated carbocycles. The van der Waals surface area contributed by atoms with Crippen molar-refractivity contribution in [3.05, 3.63) is 70.7 Å². The Labute approximate surface area is 291 Å². The van der Waals surface area contributed by atoms with Crippen LogP contribution >= 0.6 is 11.6 Å². The van der Waals surface area contributed by atoms with E-state index in [4.69, 9.17) is 16.4 Å². The highest BCUT2D eigenvalue weighted by atomic mass is 35.5. The lowest BCUT2D eigenvalue weighted by molar-refractivity contribution is -0.145. The van der Waals surface area contributed by atoms with Crippen LogP contribution in [-0.2, 0) is 28.8 Å². The fourth-order valence-electron chi connectivity index (χ4n) is 7.04. The summed E-state index contributed by atoms with van der Waals surface area (Å²) in [6.07, 6.45) is 3.29. The molecule has 1 spiro atoms. The Balaban J connectivity index is 1.25. The molecule has 2 aromatic carbocycles. The average molecular weight is 690 g/mol. The van der Waals surface area contributed by atoms with E-state index >= 15 is 0 Å². The number of benzene rings is 2. The van der Waals surface area contributed by atoms with Crippen LogP contribution in [0.15, 0.2) is 59.8 Å². The summed E-state index contributed by atoms with van der Waals surface area (Å²) in [5, 5.41) is 13.1. The van der Waals surface area contributed by atoms with Gasteiger partial charge in [0.1, 0.15) is 12.1 Å². The first-order valence-corrected chi connectivity index (χ1v) is 17.4. The van der Waals surface area contributed by atoms with Crippen molar-refractivity contribution in [2.75, 3.05) is 13.6 Å². The van der Waals surface area contributed by atoms with Crippen molar-refractivity contribution in [1.82, 2.24) is 20.9 Å². The van der Waals surface area contributed by atoms with Gasteiger partial charge in [-0.3, -0.25) is 24.0 Å². The fraction of sp³-hybridized carbons (Fsp3) is 0.514. The molecule has 12 heteroatoms. The minimum absolute atomic E-state index is 0.0344. The van der Waals surface area contributed by atoms with Crippen molar-refractivity contribution in [2.45, 2.75) is 88.9 Å². The molecule has 0 aromatic heterocycles. The maximum absolute atomic E-state index is 14.6. The van der Waals surface area contributed by atoms with Crippen molar-refractivity contribution in [1.29, 1.82) is 0 Å². The number of oxime groups is 1. The topological polar surface area (TPSA) is 146 Å². The third-order valence-corrected chi connectivity index (χ3v) is 10.3. The molecular formula is C37H44ClN5O6. The van der Waals surface area contributed by atoms with Crippen molar-refractivity contribution in [3.63, 3.8) is 0 Å². The number of likely N-dealkylation sites (N-methyl/N-ethyl adjacent to an activating group) is 1. The average Bonchev–Trinajstić information content (AvgIpc) is 4.00. The predicted octanol–water partition coefficient (Wildman–Crippen LogP) is 3.74. The standard InChI is InChI=1S/C37H44ClN5O6/c1-36(2,3)31(41-32(45)26-17-25(26)22-9-6-5-7-10-22)35(48)43-20-37(18-28(42-49-37)23-11-8-12-24(38)16-23)19-29(43)33(46)40-27(15-21-13-14-21)30(44)34(47)39-4/h5-12,16,21,25-27,29,31H,13-15,17-20H2,1-4H3,(H,39,47)(H,40,46)(H,41,45)/t25-,26?,27+,29+,31-,37-/m1/s1. The smallest absolute Gasteiger partial charge is 0.289 e. The van der Waals surface area contributed by atoms with Crippen LogP contribution in [0.3, 0.4) is 0 Å². The second kappa shape index (κ2) is 13.6. The third kappa shape index (κ3) is 7.66. The molecule has 260 valence electrons. The van der Waals surface area contributed by atoms with Gasteiger partial charge in [-0.05, 0) is 47.8 Å². The van der Waals surface area contributed by atoms with Gasteiger partial charge in [0.15, 0.2) is 5.60 Å². The van der Waals surface area contributed by atoms with Gasteiger partial charge in [0.05, 0.1) is 18.3 Å². The number of nitrogens with zero attached hydrogens (tertiary/aromatic N) is 2. The molecule has 2 heterocycles. The fourth-order valence-corrected chi connectivity index (χ4v) is 7.23. The van der Waals surface area contributed by atoms with Crippen LogP contribution in [0.4, 0.5) is 0 Å². The Morgan fingerprint density at radius 2 is 1.76 bits per heavy atom. The zero-order valence-electron chi connectivity index (χ0n) is 28.3. The van der Waals surface area contributed by atoms with Crippen molar-refractivity contribution < 1.29 is 28.8 Å². The van der Waals surface area contributed by atoms with E-state index in [9.17, 15) is 24.0 Å². The number of hydrogen-bond donors (Lipinski definition) is 3. The number of hydrogen-bond acceptors (Lipinski definition) is 7. The molecule has 2 aliphatic carbocycles. The highest BCUT2D eigenvalue weighted by Gasteiger charge is 2.56. The quantitative estimate of drug-likeness (QED) is 0.307. The Morgan fingerprint density at radius 3 is 2.41 bits per heavy atom. The summed E-state index contributed by atoms with van der Waals surface area (Å²) in [5.74, 6) is -2.64. The molecule has 3 N–H and O–H groups in total. The molecule has 49 heavy (non-hydrogen) atoms. The summed E-state index contributed by atoms with van der Waals surface area (Å²) < 4.78 is 0. The van der Waals surface area contributed by atoms with Gasteiger partial charge in [0.25, 0.3) is 5.91 Å². The van der Waals surface area contributed by atoms with Gasteiger partial charge >= 0.3 is 0 Å². The van der Waals surface area contributed by atoms with Crippen LogP contribution in [0, 0.1) is 17.3 Å². The molecule has 2 aliphatic heterocycles. The lowest BCUT2D eigenvalue weighted by atomic mass is 9.85. The lowest BCUT2D eigenvalue weighted by Crippen LogP contribution is -2.59. The van der Waals surface area contributed by atoms with Crippen LogP contribution in [0.25, 0.3) is 0 Å². The van der Waals surface area contributed by atoms with Crippen LogP contribution in [0.5, 0.6) is 0 Å². The summed E-state index contributed by atoms with van der Waals surface area (Å²) in [4.78, 5) is 75.3. The molecule has 3 fully saturated rings. The molecule has 1 saturated heterocycles. The summed E-state index contributed by atoms with van der Waals surface area (Å²) in [6.45, 7) is 5.65. The Bertz CT molecular complexity index is 1670. The molecule has 6 atom stereocenters. The highest BCUT2D eigenvalue weighted by Crippen LogP contribution is 2.48. The number of amides is 4. The van der Waals surface area contributed by atoms with Crippen molar-refractivity contribution >= 4 is 46.7 Å². The molecule has 6 rings (SSSR count). The number of nitrogens with one attached hydrogen (secondary N) is 3. The van der Waals surface area contributed by atoms with Gasteiger partial charge in [0.2, 0.25) is 23.5 Å². The molecule has 11 nitrogen and oxygen atoms in total. The van der Waals surface area contributed by atoms with E-state index in [1.165, 1.54) is 11.9 Å². The van der Waals surface area contributed by atoms with Gasteiger partial charge < -0.3 is 25.7 Å². The summed E-state index contributed by atoms with van der Waals surface area (Å²) in [7, 11) is 1.37. The number of likely N-dealkylation sites (tertiary alicyclic amines) is 1. The van der Waals surface area contributed by atoms with Crippen molar-refractivity contribution in [3.8, 4) is 0 Å². The maximum atomic E-state index is 14.6. The molecule has 4 aliphatic rings. The monoisotopic (exact) mass is 689 g/mol. The van der Waals surface area contributed by atoms with E-state index in [1.807, 2.05) is 63.2 Å². The normalized spacial score (nSPS) is 25.5. The van der Waals surface area contributed by atoms with Gasteiger partial charge in [-0.25, -0.2) is 0 Å². The largest absolute Gasteiger partial charge is 0.387 e. The maximum Gasteiger partial charge on any atom is 0.289 e. The van der Waals surface area contributed by atoms with Gasteiger partial charge in [-0.1, -0.05) is 92.8 Å². The van der Waals surface area contributed by atoms with Crippen LogP contribution < -0.4 is 16.0 Å². The number of Topliss-reactive ketones (excluding diaryl/α,β-unsaturated/α-hetero) is 1. The van der Waals surface area contributed by atoms with Gasteiger partial charge in [-0.15, -0.1) is 0 Å². The van der Waals surface area contributed by atoms with E-state index in [1.54, 1.807) is 12.1 Å². The summed E-state index contributed by atoms with van der Waals surface area (Å²) >= 11 is 6.25. The Hall–Kier alpha value is -4.25. The Morgan fingerprint density at radius 1 is 1.02 bits per heavy atom. The third-order valence-electron chi connectivity index (χ3n) is 10.1. The minimum Gasteiger partial charge on any atom is -0.387 e. The Kier molecular flexibility index (Phi) is 9.59. The molecule has 0 bridgehead atoms. The SMILES string of the molecule is CNC(=O)C(=O)[C@H](CC1CC1)NC(=O)[C@@H]1C[C@]2(CC(c3cccc(Cl)c3)=NO2)CN1C(=O)[C@@H](NC(=O)C1C[C@@H]1c1ccccc1)C(C)(C)C. The number of ketones is 1. The van der Waals surface area contributed by atoms with E-state index in [0.717, 1.165) is 24.0 Å². The van der Waals surface area contributed by atoms with Crippen LogP contribution in [-0.4, -0.2) is 77.3 Å². The summed E-state index contributed by atoms with van der Waals surface area (Å²) in [5.41, 5.74) is 0.767. The molecule has 2 aromatic rings. The number of rotatable bonds is 11. The zero-order valence-corrected chi connectivity index (χ0v) is 29.1. The van der Waals surface area contributed by atoms with Gasteiger partial charge in [0, 0.05) is 36.4 Å². The predicted molar refractivity (Wildman–Crippen MR) is 184 cm³/mol. The highest BCUT2D eigenvalue weighted by molar-refractivity contribution is 6.38. The molecule has 0 radical (unpaired) electrons. The van der Waals surface area contributed by atoms with Crippen LogP contribution in [0.1, 0.15) is 76.3 Å². The summed E-state index contributed by atoms with van der Waals surface area (Å²) in [6, 6.07) is 14.0. The van der Waals surface area contributed by atoms with E-state index in [0.29, 0.717) is 30.0 Å². The first-order chi connectivity index (χ1) is 23.3. The van der Waals surface area contributed by atoms with E-state index < -0.39 is 52.6 Å². The lowest BCUT2D eigenvalue weighted by Gasteiger charge is -2.35. The molecular weight excluding hydrogens is 646 g/mol. The number of halogens is 1. The van der Waals surface area contributed by atoms with E-state index in [-0.39, 0.29) is 36.6 Å². The second-order valence-corrected chi connectivity index (χ2v) is 15.5. The number of carbonyl (C=O) groups is 5. The zero-order chi connectivity index (χ0) is 35.1. The molecule has 4 amide bonds. The number of carbonyl (C=O) groups excluding carboxylic acids is 5. The first kappa shape index (κ1) is 34.6. The van der Waals surface area contributed by atoms with Gasteiger partial charge in [-0.2, -0.15) is 0 Å². The van der Waals surface area contributed by atoms with E-state index in [2.05, 4.69) is 21.1 Å². The first-order valence-electron chi connectivity index (χ1n) is 17.0. The molecule has 1 unspecified atom stereocenters. The second-order valence-electron chi connectivity index (χ2n) is 15.0.